The smallest absolute Gasteiger partial charge is 0.332 e. The fourth-order valence-corrected chi connectivity index (χ4v) is 4.44. The molecule has 0 saturated carbocycles. The standard InChI is InChI=1S/C16H19Cl2N5O3S/c1-21-14-12(15(25)22(2)16(21)26)23(8-20-14)5-3-4-19-7-10(24)9-6-11(17)27-13(9)18/h6,8,10,19,24H,3-5,7H2,1-2H3. The highest BCUT2D eigenvalue weighted by atomic mass is 35.5. The lowest BCUT2D eigenvalue weighted by Gasteiger charge is -2.11. The molecule has 0 fully saturated rings. The summed E-state index contributed by atoms with van der Waals surface area (Å²) in [6, 6.07) is 1.67. The Labute approximate surface area is 168 Å². The normalized spacial score (nSPS) is 12.8. The van der Waals surface area contributed by atoms with E-state index in [1.54, 1.807) is 24.0 Å². The summed E-state index contributed by atoms with van der Waals surface area (Å²) < 4.78 is 5.20. The average molecular weight is 432 g/mol. The minimum atomic E-state index is -0.739. The predicted molar refractivity (Wildman–Crippen MR) is 107 cm³/mol. The maximum atomic E-state index is 12.4. The molecule has 0 aliphatic heterocycles. The van der Waals surface area contributed by atoms with E-state index in [4.69, 9.17) is 23.2 Å². The number of nitrogens with one attached hydrogen (secondary N) is 1. The molecule has 8 nitrogen and oxygen atoms in total. The molecule has 0 aliphatic rings. The lowest BCUT2D eigenvalue weighted by atomic mass is 10.2. The van der Waals surface area contributed by atoms with Crippen molar-refractivity contribution >= 4 is 45.7 Å². The zero-order valence-electron chi connectivity index (χ0n) is 14.8. The van der Waals surface area contributed by atoms with Crippen LogP contribution in [0, 0.1) is 0 Å². The van der Waals surface area contributed by atoms with Gasteiger partial charge in [0.05, 0.1) is 16.8 Å². The summed E-state index contributed by atoms with van der Waals surface area (Å²) in [5.41, 5.74) is 0.623. The monoisotopic (exact) mass is 431 g/mol. The van der Waals surface area contributed by atoms with E-state index in [9.17, 15) is 14.7 Å². The van der Waals surface area contributed by atoms with Crippen molar-refractivity contribution in [3.05, 3.63) is 47.5 Å². The number of halogens is 2. The molecule has 1 atom stereocenters. The molecule has 27 heavy (non-hydrogen) atoms. The summed E-state index contributed by atoms with van der Waals surface area (Å²) in [6.45, 7) is 1.52. The van der Waals surface area contributed by atoms with Crippen LogP contribution in [0.2, 0.25) is 8.67 Å². The van der Waals surface area contributed by atoms with Crippen LogP contribution in [0.4, 0.5) is 0 Å². The van der Waals surface area contributed by atoms with E-state index < -0.39 is 11.8 Å². The van der Waals surface area contributed by atoms with E-state index in [2.05, 4.69) is 10.3 Å². The molecule has 11 heteroatoms. The van der Waals surface area contributed by atoms with Crippen molar-refractivity contribution in [2.75, 3.05) is 13.1 Å². The number of rotatable bonds is 7. The SMILES string of the molecule is Cn1c(=O)c2c(ncn2CCCNCC(O)c2cc(Cl)sc2Cl)n(C)c1=O. The molecule has 3 aromatic heterocycles. The summed E-state index contributed by atoms with van der Waals surface area (Å²) in [5, 5.41) is 13.3. The van der Waals surface area contributed by atoms with Gasteiger partial charge in [-0.2, -0.15) is 0 Å². The molecule has 3 rings (SSSR count). The summed E-state index contributed by atoms with van der Waals surface area (Å²) in [4.78, 5) is 28.5. The molecule has 0 bridgehead atoms. The van der Waals surface area contributed by atoms with Crippen molar-refractivity contribution in [2.24, 2.45) is 14.1 Å². The molecule has 146 valence electrons. The number of aryl methyl sites for hydroxylation is 2. The lowest BCUT2D eigenvalue weighted by molar-refractivity contribution is 0.175. The van der Waals surface area contributed by atoms with Crippen molar-refractivity contribution in [3.8, 4) is 0 Å². The first-order valence-corrected chi connectivity index (χ1v) is 9.83. The first kappa shape index (κ1) is 20.1. The molecule has 0 aliphatic carbocycles. The molecular formula is C16H19Cl2N5O3S. The zero-order chi connectivity index (χ0) is 19.7. The van der Waals surface area contributed by atoms with Crippen molar-refractivity contribution in [2.45, 2.75) is 19.1 Å². The van der Waals surface area contributed by atoms with E-state index in [1.165, 1.54) is 23.0 Å². The molecule has 3 aromatic rings. The Morgan fingerprint density at radius 1 is 1.30 bits per heavy atom. The number of hydrogen-bond acceptors (Lipinski definition) is 6. The molecule has 3 heterocycles. The highest BCUT2D eigenvalue weighted by molar-refractivity contribution is 7.20. The second-order valence-electron chi connectivity index (χ2n) is 6.17. The van der Waals surface area contributed by atoms with Gasteiger partial charge in [0, 0.05) is 32.7 Å². The first-order valence-electron chi connectivity index (χ1n) is 8.25. The number of aromatic nitrogens is 4. The van der Waals surface area contributed by atoms with Crippen LogP contribution in [0.15, 0.2) is 22.0 Å². The van der Waals surface area contributed by atoms with Gasteiger partial charge >= 0.3 is 5.69 Å². The Hall–Kier alpha value is -1.65. The average Bonchev–Trinajstić information content (AvgIpc) is 3.20. The minimum Gasteiger partial charge on any atom is -0.387 e. The second kappa shape index (κ2) is 8.15. The van der Waals surface area contributed by atoms with Gasteiger partial charge in [-0.25, -0.2) is 9.78 Å². The van der Waals surface area contributed by atoms with Gasteiger partial charge in [-0.05, 0) is 19.0 Å². The predicted octanol–water partition coefficient (Wildman–Crippen LogP) is 1.52. The van der Waals surface area contributed by atoms with Crippen LogP contribution >= 0.6 is 34.5 Å². The van der Waals surface area contributed by atoms with E-state index in [-0.39, 0.29) is 5.56 Å². The Kier molecular flexibility index (Phi) is 6.07. The van der Waals surface area contributed by atoms with Crippen molar-refractivity contribution < 1.29 is 5.11 Å². The van der Waals surface area contributed by atoms with E-state index in [0.29, 0.717) is 51.5 Å². The summed E-state index contributed by atoms with van der Waals surface area (Å²) in [5.74, 6) is 0. The summed E-state index contributed by atoms with van der Waals surface area (Å²) in [7, 11) is 3.04. The van der Waals surface area contributed by atoms with Gasteiger partial charge in [0.15, 0.2) is 11.2 Å². The third-order valence-corrected chi connectivity index (χ3v) is 5.87. The topological polar surface area (TPSA) is 94.1 Å². The molecule has 1 unspecified atom stereocenters. The van der Waals surface area contributed by atoms with Gasteiger partial charge in [0.25, 0.3) is 5.56 Å². The van der Waals surface area contributed by atoms with Gasteiger partial charge in [-0.3, -0.25) is 13.9 Å². The Balaban J connectivity index is 1.59. The van der Waals surface area contributed by atoms with Crippen LogP contribution < -0.4 is 16.6 Å². The zero-order valence-corrected chi connectivity index (χ0v) is 17.1. The molecule has 0 spiro atoms. The van der Waals surface area contributed by atoms with Crippen molar-refractivity contribution in [3.63, 3.8) is 0 Å². The van der Waals surface area contributed by atoms with Gasteiger partial charge in [0.2, 0.25) is 0 Å². The van der Waals surface area contributed by atoms with Crippen LogP contribution in [-0.4, -0.2) is 36.9 Å². The minimum absolute atomic E-state index is 0.341. The van der Waals surface area contributed by atoms with Gasteiger partial charge in [-0.15, -0.1) is 11.3 Å². The Morgan fingerprint density at radius 2 is 2.04 bits per heavy atom. The van der Waals surface area contributed by atoms with Crippen LogP contribution in [0.25, 0.3) is 11.2 Å². The van der Waals surface area contributed by atoms with Crippen LogP contribution in [0.1, 0.15) is 18.1 Å². The maximum absolute atomic E-state index is 12.4. The molecule has 0 saturated heterocycles. The number of aliphatic hydroxyl groups excluding tert-OH is 1. The molecule has 2 N–H and O–H groups in total. The third-order valence-electron chi connectivity index (χ3n) is 4.35. The Bertz CT molecular complexity index is 1080. The molecule has 0 radical (unpaired) electrons. The number of thiophene rings is 1. The van der Waals surface area contributed by atoms with Crippen molar-refractivity contribution in [1.82, 2.24) is 24.0 Å². The van der Waals surface area contributed by atoms with E-state index >= 15 is 0 Å². The highest BCUT2D eigenvalue weighted by Gasteiger charge is 2.15. The lowest BCUT2D eigenvalue weighted by Crippen LogP contribution is -2.37. The number of fused-ring (bicyclic) bond motifs is 1. The molecule has 0 amide bonds. The maximum Gasteiger partial charge on any atom is 0.332 e. The highest BCUT2D eigenvalue weighted by Crippen LogP contribution is 2.34. The Morgan fingerprint density at radius 3 is 2.70 bits per heavy atom. The largest absolute Gasteiger partial charge is 0.387 e. The van der Waals surface area contributed by atoms with Crippen LogP contribution in [0.5, 0.6) is 0 Å². The molecular weight excluding hydrogens is 413 g/mol. The second-order valence-corrected chi connectivity index (χ2v) is 8.45. The molecule has 0 aromatic carbocycles. The fraction of sp³-hybridized carbons (Fsp3) is 0.438. The quantitative estimate of drug-likeness (QED) is 0.553. The third kappa shape index (κ3) is 3.97. The number of nitrogens with zero attached hydrogens (tertiary/aromatic N) is 4. The van der Waals surface area contributed by atoms with E-state index in [0.717, 1.165) is 4.57 Å². The summed E-state index contributed by atoms with van der Waals surface area (Å²) >= 11 is 13.1. The fourth-order valence-electron chi connectivity index (χ4n) is 2.87. The van der Waals surface area contributed by atoms with Gasteiger partial charge in [-0.1, -0.05) is 23.2 Å². The number of aliphatic hydroxyl groups is 1. The number of imidazole rings is 1. The first-order chi connectivity index (χ1) is 12.8. The van der Waals surface area contributed by atoms with Gasteiger partial charge < -0.3 is 15.0 Å². The van der Waals surface area contributed by atoms with Gasteiger partial charge in [0.1, 0.15) is 4.34 Å². The van der Waals surface area contributed by atoms with Crippen molar-refractivity contribution in [1.29, 1.82) is 0 Å². The van der Waals surface area contributed by atoms with E-state index in [1.807, 2.05) is 0 Å². The van der Waals surface area contributed by atoms with Crippen LogP contribution in [0.3, 0.4) is 0 Å². The van der Waals surface area contributed by atoms with Crippen LogP contribution in [-0.2, 0) is 20.6 Å². The summed E-state index contributed by atoms with van der Waals surface area (Å²) in [6.07, 6.45) is 1.53. The number of hydrogen-bond donors (Lipinski definition) is 2.